The minimum atomic E-state index is -4.34. The van der Waals surface area contributed by atoms with Crippen LogP contribution in [0, 0.1) is 40.4 Å². The van der Waals surface area contributed by atoms with Gasteiger partial charge in [0.25, 0.3) is 0 Å². The lowest BCUT2D eigenvalue weighted by Gasteiger charge is -2.59. The van der Waals surface area contributed by atoms with Crippen molar-refractivity contribution in [3.63, 3.8) is 0 Å². The van der Waals surface area contributed by atoms with Crippen molar-refractivity contribution in [1.82, 2.24) is 0 Å². The molecule has 2 nitrogen and oxygen atoms in total. The fourth-order valence-electron chi connectivity index (χ4n) is 8.84. The largest absolute Gasteiger partial charge is 0.417 e. The van der Waals surface area contributed by atoms with Crippen molar-refractivity contribution < 1.29 is 23.0 Å². The van der Waals surface area contributed by atoms with Crippen molar-refractivity contribution >= 4 is 0 Å². The van der Waals surface area contributed by atoms with Crippen LogP contribution in [0.5, 0.6) is 0 Å². The van der Waals surface area contributed by atoms with Gasteiger partial charge in [-0.1, -0.05) is 32.4 Å². The zero-order valence-electron chi connectivity index (χ0n) is 21.5. The lowest BCUT2D eigenvalue weighted by Crippen LogP contribution is -2.52. The summed E-state index contributed by atoms with van der Waals surface area (Å²) >= 11 is 0. The van der Waals surface area contributed by atoms with Gasteiger partial charge in [-0.2, -0.15) is 13.2 Å². The smallest absolute Gasteiger partial charge is 0.390 e. The molecule has 0 aromatic heterocycles. The average Bonchev–Trinajstić information content (AvgIpc) is 3.08. The first-order valence-electron chi connectivity index (χ1n) is 13.2. The van der Waals surface area contributed by atoms with Gasteiger partial charge in [-0.3, -0.25) is 0 Å². The Bertz CT molecular complexity index is 774. The van der Waals surface area contributed by atoms with E-state index in [2.05, 4.69) is 26.8 Å². The number of hydrogen-bond acceptors (Lipinski definition) is 2. The van der Waals surface area contributed by atoms with Gasteiger partial charge in [0, 0.05) is 7.11 Å². The fraction of sp³-hybridized carbons (Fsp3) is 0.929. The SMILES string of the molecule is CO[C@@](C)(CC[C@@H](C)[C@H]1CC[C@H]2[C@@H]3CC=C4C[C@@](C)(O)CC[C@]4(C)[C@H]3CC[C@]12C)C(F)(F)F. The molecule has 4 rings (SSSR count). The number of halogens is 3. The van der Waals surface area contributed by atoms with Crippen LogP contribution in [0.15, 0.2) is 11.6 Å². The van der Waals surface area contributed by atoms with Gasteiger partial charge in [-0.15, -0.1) is 0 Å². The molecule has 190 valence electrons. The van der Waals surface area contributed by atoms with Gasteiger partial charge in [0.15, 0.2) is 5.60 Å². The summed E-state index contributed by atoms with van der Waals surface area (Å²) in [6.07, 6.45) is 7.35. The Balaban J connectivity index is 1.49. The first-order chi connectivity index (χ1) is 15.2. The maximum absolute atomic E-state index is 13.5. The summed E-state index contributed by atoms with van der Waals surface area (Å²) < 4.78 is 45.6. The molecule has 0 aromatic rings. The zero-order chi connectivity index (χ0) is 24.4. The fourth-order valence-corrected chi connectivity index (χ4v) is 8.84. The highest BCUT2D eigenvalue weighted by Gasteiger charge is 2.60. The van der Waals surface area contributed by atoms with E-state index < -0.39 is 17.4 Å². The van der Waals surface area contributed by atoms with E-state index in [4.69, 9.17) is 4.74 Å². The molecule has 0 aromatic carbocycles. The molecule has 33 heavy (non-hydrogen) atoms. The molecule has 0 unspecified atom stereocenters. The topological polar surface area (TPSA) is 29.5 Å². The van der Waals surface area contributed by atoms with E-state index in [0.29, 0.717) is 30.1 Å². The van der Waals surface area contributed by atoms with Crippen LogP contribution in [0.3, 0.4) is 0 Å². The highest BCUT2D eigenvalue weighted by molar-refractivity contribution is 5.26. The molecule has 9 atom stereocenters. The van der Waals surface area contributed by atoms with Gasteiger partial charge in [0.05, 0.1) is 5.60 Å². The Morgan fingerprint density at radius 1 is 1.09 bits per heavy atom. The molecule has 0 amide bonds. The van der Waals surface area contributed by atoms with Crippen molar-refractivity contribution in [1.29, 1.82) is 0 Å². The van der Waals surface area contributed by atoms with Gasteiger partial charge in [0.2, 0.25) is 0 Å². The second kappa shape index (κ2) is 8.25. The predicted molar refractivity (Wildman–Crippen MR) is 126 cm³/mol. The summed E-state index contributed by atoms with van der Waals surface area (Å²) in [5.74, 6) is 2.78. The number of ether oxygens (including phenoxy) is 1. The second-order valence-corrected chi connectivity index (χ2v) is 13.1. The Morgan fingerprint density at radius 2 is 1.79 bits per heavy atom. The van der Waals surface area contributed by atoms with Crippen LogP contribution in [0.25, 0.3) is 0 Å². The highest BCUT2D eigenvalue weighted by atomic mass is 19.4. The third-order valence-electron chi connectivity index (χ3n) is 11.3. The van der Waals surface area contributed by atoms with Gasteiger partial charge in [-0.25, -0.2) is 0 Å². The monoisotopic (exact) mass is 470 g/mol. The second-order valence-electron chi connectivity index (χ2n) is 13.1. The minimum Gasteiger partial charge on any atom is -0.390 e. The maximum Gasteiger partial charge on any atom is 0.417 e. The third-order valence-corrected chi connectivity index (χ3v) is 11.3. The van der Waals surface area contributed by atoms with E-state index in [9.17, 15) is 18.3 Å². The molecular formula is C28H45F3O2. The lowest BCUT2D eigenvalue weighted by molar-refractivity contribution is -0.266. The summed E-state index contributed by atoms with van der Waals surface area (Å²) in [4.78, 5) is 0. The van der Waals surface area contributed by atoms with E-state index in [1.54, 1.807) is 0 Å². The van der Waals surface area contributed by atoms with Crippen molar-refractivity contribution in [2.45, 2.75) is 116 Å². The number of aliphatic hydroxyl groups is 1. The van der Waals surface area contributed by atoms with Crippen molar-refractivity contribution in [2.75, 3.05) is 7.11 Å². The maximum atomic E-state index is 13.5. The number of allylic oxidation sites excluding steroid dienone is 1. The number of fused-ring (bicyclic) bond motifs is 5. The quantitative estimate of drug-likeness (QED) is 0.417. The van der Waals surface area contributed by atoms with Gasteiger partial charge in [-0.05, 0) is 118 Å². The van der Waals surface area contributed by atoms with Crippen molar-refractivity contribution in [3.05, 3.63) is 11.6 Å². The first-order valence-corrected chi connectivity index (χ1v) is 13.2. The highest BCUT2D eigenvalue weighted by Crippen LogP contribution is 2.67. The van der Waals surface area contributed by atoms with E-state index in [-0.39, 0.29) is 23.2 Å². The summed E-state index contributed by atoms with van der Waals surface area (Å²) in [6, 6.07) is 0. The molecule has 1 N–H and O–H groups in total. The summed E-state index contributed by atoms with van der Waals surface area (Å²) in [6.45, 7) is 10.3. The van der Waals surface area contributed by atoms with E-state index in [1.165, 1.54) is 38.9 Å². The van der Waals surface area contributed by atoms with Crippen molar-refractivity contribution in [2.24, 2.45) is 40.4 Å². The molecule has 3 fully saturated rings. The molecule has 0 heterocycles. The molecule has 0 spiro atoms. The Kier molecular flexibility index (Phi) is 6.39. The van der Waals surface area contributed by atoms with Gasteiger partial charge >= 0.3 is 6.18 Å². The van der Waals surface area contributed by atoms with E-state index >= 15 is 0 Å². The predicted octanol–water partition coefficient (Wildman–Crippen LogP) is 7.70. The lowest BCUT2D eigenvalue weighted by atomic mass is 9.46. The third kappa shape index (κ3) is 4.11. The van der Waals surface area contributed by atoms with Crippen LogP contribution >= 0.6 is 0 Å². The van der Waals surface area contributed by atoms with E-state index in [1.807, 2.05) is 6.92 Å². The van der Waals surface area contributed by atoms with Gasteiger partial charge < -0.3 is 9.84 Å². The Labute approximate surface area is 198 Å². The molecular weight excluding hydrogens is 425 g/mol. The van der Waals surface area contributed by atoms with Crippen LogP contribution in [0.1, 0.15) is 98.8 Å². The van der Waals surface area contributed by atoms with Gasteiger partial charge in [0.1, 0.15) is 0 Å². The Morgan fingerprint density at radius 3 is 2.42 bits per heavy atom. The summed E-state index contributed by atoms with van der Waals surface area (Å²) in [5, 5.41) is 10.7. The molecule has 0 bridgehead atoms. The Hall–Kier alpha value is -0.550. The first kappa shape index (κ1) is 25.5. The van der Waals surface area contributed by atoms with Crippen LogP contribution in [-0.4, -0.2) is 29.6 Å². The normalized spacial score (nSPS) is 45.9. The molecule has 4 aliphatic rings. The molecule has 4 aliphatic carbocycles. The molecule has 5 heteroatoms. The standard InChI is InChI=1S/C28H45F3O2/c1-18(11-14-27(5,33-6)28(29,30)31)21-9-10-22-20-8-7-19-17-24(2,32)15-16-25(19,3)23(20)12-13-26(21,22)4/h7,18,20-23,32H,8-17H2,1-6H3/t18-,20+,21-,22+,23+,24+,25+,26-,27+/m1/s1. The van der Waals surface area contributed by atoms with Crippen LogP contribution in [-0.2, 0) is 4.74 Å². The molecule has 0 radical (unpaired) electrons. The number of alkyl halides is 3. The number of methoxy groups -OCH3 is 1. The number of hydrogen-bond donors (Lipinski definition) is 1. The molecule has 0 saturated heterocycles. The van der Waals surface area contributed by atoms with Crippen LogP contribution in [0.2, 0.25) is 0 Å². The van der Waals surface area contributed by atoms with Crippen molar-refractivity contribution in [3.8, 4) is 0 Å². The average molecular weight is 471 g/mol. The molecule has 3 saturated carbocycles. The van der Waals surface area contributed by atoms with E-state index in [0.717, 1.165) is 32.1 Å². The van der Waals surface area contributed by atoms with Crippen LogP contribution in [0.4, 0.5) is 13.2 Å². The zero-order valence-corrected chi connectivity index (χ0v) is 21.5. The summed E-state index contributed by atoms with van der Waals surface area (Å²) in [5.41, 5.74) is -0.702. The molecule has 0 aliphatic heterocycles. The summed E-state index contributed by atoms with van der Waals surface area (Å²) in [7, 11) is 1.18. The number of rotatable bonds is 5. The van der Waals surface area contributed by atoms with Crippen LogP contribution < -0.4 is 0 Å². The minimum absolute atomic E-state index is 0.0293.